The monoisotopic (exact) mass is 438 g/mol. The van der Waals surface area contributed by atoms with Gasteiger partial charge in [0.2, 0.25) is 0 Å². The van der Waals surface area contributed by atoms with Crippen molar-refractivity contribution in [3.05, 3.63) is 53.4 Å². The molecule has 0 atom stereocenters. The number of aromatic nitrogens is 3. The number of hydrogen-bond donors (Lipinski definition) is 1. The number of nitrogens with zero attached hydrogens (tertiary/aromatic N) is 3. The smallest absolute Gasteiger partial charge is 0.322 e. The third-order valence-electron chi connectivity index (χ3n) is 6.91. The zero-order valence-corrected chi connectivity index (χ0v) is 17.8. The molecule has 0 amide bonds. The van der Waals surface area contributed by atoms with Crippen LogP contribution in [0.15, 0.2) is 45.0 Å². The van der Waals surface area contributed by atoms with Crippen molar-refractivity contribution >= 4 is 11.3 Å². The van der Waals surface area contributed by atoms with Crippen molar-refractivity contribution in [3.8, 4) is 11.3 Å². The van der Waals surface area contributed by atoms with Gasteiger partial charge in [0.05, 0.1) is 0 Å². The maximum absolute atomic E-state index is 13.4. The predicted molar refractivity (Wildman–Crippen MR) is 114 cm³/mol. The van der Waals surface area contributed by atoms with Gasteiger partial charge in [-0.3, -0.25) is 0 Å². The Morgan fingerprint density at radius 1 is 1.16 bits per heavy atom. The SMILES string of the molecule is CC(F)(F)c1nc(C2=C3CC(CNc4cccc(-c5cc(C6CC6)on5)c4)(CC2)C3)no1. The zero-order chi connectivity index (χ0) is 21.9. The lowest BCUT2D eigenvalue weighted by Gasteiger charge is -2.49. The maximum atomic E-state index is 13.4. The van der Waals surface area contributed by atoms with Crippen molar-refractivity contribution in [1.82, 2.24) is 15.3 Å². The molecule has 0 aliphatic heterocycles. The van der Waals surface area contributed by atoms with Crippen LogP contribution in [0, 0.1) is 5.41 Å². The van der Waals surface area contributed by atoms with Crippen LogP contribution in [0.5, 0.6) is 0 Å². The van der Waals surface area contributed by atoms with Gasteiger partial charge < -0.3 is 14.4 Å². The fourth-order valence-corrected chi connectivity index (χ4v) is 4.88. The summed E-state index contributed by atoms with van der Waals surface area (Å²) < 4.78 is 37.1. The number of nitrogens with one attached hydrogen (secondary N) is 1. The standard InChI is InChI=1S/C24H24F2N4O2/c1-23(25,26)22-28-21(30-32-22)18-7-8-24(11-16(18)12-24)13-27-17-4-2-3-15(9-17)19-10-20(31-29-19)14-5-6-14/h2-4,9-10,14,27H,5-8,11-13H2,1H3. The normalized spacial score (nSPS) is 19.7. The first-order valence-electron chi connectivity index (χ1n) is 11.1. The summed E-state index contributed by atoms with van der Waals surface area (Å²) >= 11 is 0. The van der Waals surface area contributed by atoms with E-state index in [0.717, 1.165) is 67.4 Å². The fourth-order valence-electron chi connectivity index (χ4n) is 4.88. The van der Waals surface area contributed by atoms with Crippen LogP contribution in [0.3, 0.4) is 0 Å². The van der Waals surface area contributed by atoms with Crippen molar-refractivity contribution in [3.63, 3.8) is 0 Å². The number of alkyl halides is 2. The number of hydrogen-bond acceptors (Lipinski definition) is 6. The molecule has 2 aromatic heterocycles. The van der Waals surface area contributed by atoms with Crippen molar-refractivity contribution in [2.45, 2.75) is 57.3 Å². The number of benzene rings is 1. The summed E-state index contributed by atoms with van der Waals surface area (Å²) in [5.74, 6) is -1.87. The van der Waals surface area contributed by atoms with E-state index in [2.05, 4.69) is 38.8 Å². The van der Waals surface area contributed by atoms with Crippen LogP contribution in [0.4, 0.5) is 14.5 Å². The molecule has 7 rings (SSSR count). The highest BCUT2D eigenvalue weighted by molar-refractivity contribution is 5.68. The van der Waals surface area contributed by atoms with E-state index in [1.165, 1.54) is 18.4 Å². The molecule has 3 aromatic rings. The molecule has 4 aliphatic rings. The quantitative estimate of drug-likeness (QED) is 0.476. The Morgan fingerprint density at radius 3 is 2.69 bits per heavy atom. The van der Waals surface area contributed by atoms with E-state index in [1.807, 2.05) is 12.1 Å². The van der Waals surface area contributed by atoms with E-state index in [-0.39, 0.29) is 5.41 Å². The molecule has 32 heavy (non-hydrogen) atoms. The molecule has 0 radical (unpaired) electrons. The number of rotatable bonds is 7. The van der Waals surface area contributed by atoms with Gasteiger partial charge in [-0.2, -0.15) is 13.8 Å². The fraction of sp³-hybridized carbons (Fsp3) is 0.458. The Labute approximate surface area is 184 Å². The van der Waals surface area contributed by atoms with Crippen molar-refractivity contribution in [1.29, 1.82) is 0 Å². The molecule has 6 nitrogen and oxygen atoms in total. The van der Waals surface area contributed by atoms with Gasteiger partial charge in [0, 0.05) is 36.7 Å². The minimum Gasteiger partial charge on any atom is -0.384 e. The van der Waals surface area contributed by atoms with Gasteiger partial charge in [-0.05, 0) is 61.6 Å². The number of anilines is 1. The lowest BCUT2D eigenvalue weighted by atomic mass is 9.57. The molecular weight excluding hydrogens is 414 g/mol. The Balaban J connectivity index is 1.11. The van der Waals surface area contributed by atoms with Crippen LogP contribution in [0.25, 0.3) is 16.8 Å². The number of allylic oxidation sites excluding steroid dienone is 2. The topological polar surface area (TPSA) is 77.0 Å². The van der Waals surface area contributed by atoms with E-state index >= 15 is 0 Å². The number of halogens is 2. The Kier molecular flexibility index (Phi) is 4.29. The lowest BCUT2D eigenvalue weighted by Crippen LogP contribution is -2.41. The Hall–Kier alpha value is -3.03. The Bertz CT molecular complexity index is 1190. The van der Waals surface area contributed by atoms with E-state index < -0.39 is 11.8 Å². The lowest BCUT2D eigenvalue weighted by molar-refractivity contribution is -0.0158. The largest absolute Gasteiger partial charge is 0.384 e. The molecular formula is C24H24F2N4O2. The van der Waals surface area contributed by atoms with Crippen molar-refractivity contribution in [2.24, 2.45) is 5.41 Å². The molecule has 0 saturated heterocycles. The second kappa shape index (κ2) is 6.98. The third kappa shape index (κ3) is 3.51. The van der Waals surface area contributed by atoms with Gasteiger partial charge >= 0.3 is 5.92 Å². The van der Waals surface area contributed by atoms with Gasteiger partial charge in [0.1, 0.15) is 11.5 Å². The Morgan fingerprint density at radius 2 is 2.00 bits per heavy atom. The first-order valence-corrected chi connectivity index (χ1v) is 11.1. The molecule has 8 heteroatoms. The summed E-state index contributed by atoms with van der Waals surface area (Å²) in [6, 6.07) is 10.3. The van der Waals surface area contributed by atoms with Gasteiger partial charge in [0.25, 0.3) is 5.89 Å². The molecule has 1 aromatic carbocycles. The summed E-state index contributed by atoms with van der Waals surface area (Å²) in [4.78, 5) is 3.94. The molecule has 166 valence electrons. The average molecular weight is 438 g/mol. The number of fused-ring (bicyclic) bond motifs is 2. The highest BCUT2D eigenvalue weighted by Gasteiger charge is 2.46. The van der Waals surface area contributed by atoms with Crippen LogP contribution in [-0.4, -0.2) is 21.8 Å². The summed E-state index contributed by atoms with van der Waals surface area (Å²) in [7, 11) is 0. The second-order valence-electron chi connectivity index (χ2n) is 9.57. The molecule has 2 heterocycles. The first-order chi connectivity index (χ1) is 15.4. The van der Waals surface area contributed by atoms with Crippen molar-refractivity contribution < 1.29 is 17.8 Å². The van der Waals surface area contributed by atoms with Gasteiger partial charge in [-0.1, -0.05) is 28.0 Å². The molecule has 2 fully saturated rings. The maximum Gasteiger partial charge on any atom is 0.322 e. The molecule has 0 spiro atoms. The van der Waals surface area contributed by atoms with E-state index in [1.54, 1.807) is 0 Å². The summed E-state index contributed by atoms with van der Waals surface area (Å²) in [6.07, 6.45) is 6.02. The minimum atomic E-state index is -3.11. The van der Waals surface area contributed by atoms with Gasteiger partial charge in [0.15, 0.2) is 5.82 Å². The van der Waals surface area contributed by atoms with Gasteiger partial charge in [-0.15, -0.1) is 0 Å². The second-order valence-corrected chi connectivity index (χ2v) is 9.57. The molecule has 2 bridgehead atoms. The van der Waals surface area contributed by atoms with Crippen LogP contribution in [0.2, 0.25) is 0 Å². The van der Waals surface area contributed by atoms with Crippen LogP contribution >= 0.6 is 0 Å². The van der Waals surface area contributed by atoms with E-state index in [9.17, 15) is 8.78 Å². The first kappa shape index (κ1) is 19.6. The zero-order valence-electron chi connectivity index (χ0n) is 17.8. The predicted octanol–water partition coefficient (Wildman–Crippen LogP) is 6.15. The highest BCUT2D eigenvalue weighted by atomic mass is 19.3. The third-order valence-corrected chi connectivity index (χ3v) is 6.91. The minimum absolute atomic E-state index is 0.198. The van der Waals surface area contributed by atoms with E-state index in [4.69, 9.17) is 9.05 Å². The van der Waals surface area contributed by atoms with Crippen molar-refractivity contribution in [2.75, 3.05) is 11.9 Å². The molecule has 2 saturated carbocycles. The highest BCUT2D eigenvalue weighted by Crippen LogP contribution is 2.57. The summed E-state index contributed by atoms with van der Waals surface area (Å²) in [5, 5.41) is 11.6. The molecule has 0 unspecified atom stereocenters. The van der Waals surface area contributed by atoms with Crippen LogP contribution < -0.4 is 5.32 Å². The summed E-state index contributed by atoms with van der Waals surface area (Å²) in [6.45, 7) is 1.64. The molecule has 1 N–H and O–H groups in total. The van der Waals surface area contributed by atoms with Gasteiger partial charge in [-0.25, -0.2) is 0 Å². The van der Waals surface area contributed by atoms with E-state index in [0.29, 0.717) is 11.7 Å². The van der Waals surface area contributed by atoms with Crippen LogP contribution in [0.1, 0.15) is 68.8 Å². The van der Waals surface area contributed by atoms with Crippen LogP contribution in [-0.2, 0) is 5.92 Å². The molecule has 4 aliphatic carbocycles. The average Bonchev–Trinajstić information content (AvgIpc) is 3.27. The summed E-state index contributed by atoms with van der Waals surface area (Å²) in [5.41, 5.74) is 5.41.